The number of fused-ring (bicyclic) bond motifs is 5. The van der Waals surface area contributed by atoms with Crippen LogP contribution in [0.15, 0.2) is 12.1 Å². The Balaban J connectivity index is 1.56. The van der Waals surface area contributed by atoms with Gasteiger partial charge in [0, 0.05) is 8.16 Å². The van der Waals surface area contributed by atoms with Gasteiger partial charge >= 0.3 is 0 Å². The Morgan fingerprint density at radius 3 is 2.64 bits per heavy atom. The minimum Gasteiger partial charge on any atom is -0.294 e. The third-order valence-electron chi connectivity index (χ3n) is 9.90. The van der Waals surface area contributed by atoms with Gasteiger partial charge in [0.1, 0.15) is 0 Å². The Morgan fingerprint density at radius 2 is 1.89 bits per heavy atom. The van der Waals surface area contributed by atoms with Crippen molar-refractivity contribution >= 4 is 5.78 Å². The molecule has 4 aliphatic carbocycles. The molecule has 3 saturated carbocycles. The lowest BCUT2D eigenvalue weighted by Gasteiger charge is -2.59. The van der Waals surface area contributed by atoms with Crippen LogP contribution in [0.25, 0.3) is 0 Å². The summed E-state index contributed by atoms with van der Waals surface area (Å²) in [7, 11) is 0. The molecule has 1 nitrogen and oxygen atoms in total. The fraction of sp³-hybridized carbons (Fsp3) is 0.889. The molecule has 4 aliphatic rings. The Morgan fingerprint density at radius 1 is 1.11 bits per heavy atom. The standard InChI is InChI=1S/C27H44O/c1-18(2)8-6-9-19(3)22-14-15-23-21-13-12-20-10-7-11-25(28)27(20,5)24(21)16-17-26(22,23)4/h7,11,18-24H,6,8-10,12-17H2,1-5H3/t19-,20-,21+,22-,23+,24+,26-,27+/m1/s1/i10D2,11D. The number of ketones is 1. The number of hydrogen-bond donors (Lipinski definition) is 0. The van der Waals surface area contributed by atoms with Gasteiger partial charge in [0.15, 0.2) is 5.78 Å². The predicted octanol–water partition coefficient (Wildman–Crippen LogP) is 7.45. The summed E-state index contributed by atoms with van der Waals surface area (Å²) in [6, 6.07) is -0.0826. The van der Waals surface area contributed by atoms with E-state index in [-0.39, 0.29) is 23.7 Å². The lowest BCUT2D eigenvalue weighted by molar-refractivity contribution is -0.147. The molecule has 158 valence electrons. The van der Waals surface area contributed by atoms with Crippen LogP contribution >= 0.6 is 0 Å². The molecule has 0 saturated heterocycles. The third kappa shape index (κ3) is 3.14. The molecular formula is C27H44O. The summed E-state index contributed by atoms with van der Waals surface area (Å²) >= 11 is 0. The quantitative estimate of drug-likeness (QED) is 0.478. The number of allylic oxidation sites excluding steroid dienone is 2. The number of rotatable bonds is 5. The van der Waals surface area contributed by atoms with Crippen molar-refractivity contribution in [2.24, 2.45) is 52.3 Å². The average Bonchev–Trinajstić information content (AvgIpc) is 3.03. The first kappa shape index (κ1) is 17.1. The van der Waals surface area contributed by atoms with E-state index >= 15 is 0 Å². The van der Waals surface area contributed by atoms with Crippen LogP contribution in [0.4, 0.5) is 0 Å². The summed E-state index contributed by atoms with van der Waals surface area (Å²) in [5, 5.41) is 0. The summed E-state index contributed by atoms with van der Waals surface area (Å²) in [6.07, 6.45) is 10.4. The van der Waals surface area contributed by atoms with Gasteiger partial charge in [-0.3, -0.25) is 4.79 Å². The molecule has 4 rings (SSSR count). The van der Waals surface area contributed by atoms with Crippen LogP contribution in [0.5, 0.6) is 0 Å². The molecule has 1 heteroatoms. The van der Waals surface area contributed by atoms with Gasteiger partial charge in [0.05, 0.1) is 1.37 Å². The van der Waals surface area contributed by atoms with Gasteiger partial charge in [-0.15, -0.1) is 0 Å². The predicted molar refractivity (Wildman–Crippen MR) is 118 cm³/mol. The van der Waals surface area contributed by atoms with Gasteiger partial charge in [-0.05, 0) is 97.8 Å². The first-order valence-electron chi connectivity index (χ1n) is 13.7. The molecule has 0 heterocycles. The van der Waals surface area contributed by atoms with Gasteiger partial charge in [-0.1, -0.05) is 60.0 Å². The summed E-state index contributed by atoms with van der Waals surface area (Å²) in [6.45, 7) is 11.7. The van der Waals surface area contributed by atoms with Crippen molar-refractivity contribution < 1.29 is 8.91 Å². The van der Waals surface area contributed by atoms with Crippen LogP contribution in [0.1, 0.15) is 103 Å². The second-order valence-electron chi connectivity index (χ2n) is 11.6. The van der Waals surface area contributed by atoms with E-state index in [9.17, 15) is 4.79 Å². The Bertz CT molecular complexity index is 743. The number of hydrogen-bond acceptors (Lipinski definition) is 1. The van der Waals surface area contributed by atoms with E-state index in [0.29, 0.717) is 17.3 Å². The fourth-order valence-electron chi connectivity index (χ4n) is 8.32. The largest absolute Gasteiger partial charge is 0.294 e. The Labute approximate surface area is 178 Å². The number of carbonyl (C=O) groups excluding carboxylic acids is 1. The Hall–Kier alpha value is -0.590. The van der Waals surface area contributed by atoms with Crippen molar-refractivity contribution in [3.63, 3.8) is 0 Å². The molecule has 0 aromatic rings. The van der Waals surface area contributed by atoms with E-state index < -0.39 is 11.8 Å². The molecule has 0 N–H and O–H groups in total. The van der Waals surface area contributed by atoms with Crippen LogP contribution in [0.3, 0.4) is 0 Å². The normalized spacial score (nSPS) is 49.9. The Kier molecular flexibility index (Phi) is 4.64. The molecule has 8 atom stereocenters. The van der Waals surface area contributed by atoms with Gasteiger partial charge in [-0.25, -0.2) is 0 Å². The van der Waals surface area contributed by atoms with Crippen LogP contribution in [0.2, 0.25) is 0 Å². The highest BCUT2D eigenvalue weighted by Crippen LogP contribution is 2.67. The smallest absolute Gasteiger partial charge is 0.161 e. The van der Waals surface area contributed by atoms with Gasteiger partial charge < -0.3 is 0 Å². The number of carbonyl (C=O) groups is 1. The van der Waals surface area contributed by atoms with E-state index in [4.69, 9.17) is 4.11 Å². The summed E-state index contributed by atoms with van der Waals surface area (Å²) in [4.78, 5) is 13.3. The molecule has 0 radical (unpaired) electrons. The van der Waals surface area contributed by atoms with Crippen molar-refractivity contribution in [2.75, 3.05) is 0 Å². The molecule has 0 bridgehead atoms. The highest BCUT2D eigenvalue weighted by atomic mass is 16.1. The molecule has 28 heavy (non-hydrogen) atoms. The second-order valence-corrected chi connectivity index (χ2v) is 11.6. The molecule has 0 aromatic carbocycles. The minimum absolute atomic E-state index is 0.0810. The van der Waals surface area contributed by atoms with Crippen molar-refractivity contribution in [3.05, 3.63) is 12.1 Å². The van der Waals surface area contributed by atoms with Crippen LogP contribution in [0, 0.1) is 52.3 Å². The first-order valence-corrected chi connectivity index (χ1v) is 12.2. The van der Waals surface area contributed by atoms with Crippen molar-refractivity contribution in [2.45, 2.75) is 98.8 Å². The second kappa shape index (κ2) is 7.59. The molecule has 0 aromatic heterocycles. The molecule has 0 amide bonds. The maximum Gasteiger partial charge on any atom is 0.161 e. The van der Waals surface area contributed by atoms with E-state index in [1.54, 1.807) is 0 Å². The fourth-order valence-corrected chi connectivity index (χ4v) is 8.32. The average molecular weight is 388 g/mol. The minimum atomic E-state index is -1.53. The zero-order valence-corrected chi connectivity index (χ0v) is 18.9. The van der Waals surface area contributed by atoms with Crippen LogP contribution in [-0.4, -0.2) is 5.78 Å². The van der Waals surface area contributed by atoms with Gasteiger partial charge in [0.2, 0.25) is 0 Å². The monoisotopic (exact) mass is 387 g/mol. The highest BCUT2D eigenvalue weighted by molar-refractivity contribution is 5.96. The van der Waals surface area contributed by atoms with Crippen LogP contribution < -0.4 is 0 Å². The summed E-state index contributed by atoms with van der Waals surface area (Å²) in [5.41, 5.74) is -0.321. The third-order valence-corrected chi connectivity index (χ3v) is 9.90. The summed E-state index contributed by atoms with van der Waals surface area (Å²) in [5.74, 6) is 3.44. The molecular weight excluding hydrogens is 340 g/mol. The topological polar surface area (TPSA) is 17.1 Å². The highest BCUT2D eigenvalue weighted by Gasteiger charge is 2.61. The van der Waals surface area contributed by atoms with Crippen molar-refractivity contribution in [3.8, 4) is 0 Å². The van der Waals surface area contributed by atoms with Crippen LogP contribution in [-0.2, 0) is 4.79 Å². The molecule has 3 fully saturated rings. The van der Waals surface area contributed by atoms with E-state index in [0.717, 1.165) is 37.0 Å². The van der Waals surface area contributed by atoms with Crippen molar-refractivity contribution in [1.82, 2.24) is 0 Å². The van der Waals surface area contributed by atoms with E-state index in [1.807, 2.05) is 6.92 Å². The van der Waals surface area contributed by atoms with E-state index in [2.05, 4.69) is 27.7 Å². The molecule has 0 unspecified atom stereocenters. The molecule has 0 aliphatic heterocycles. The van der Waals surface area contributed by atoms with Gasteiger partial charge in [0.25, 0.3) is 0 Å². The summed E-state index contributed by atoms with van der Waals surface area (Å²) < 4.78 is 25.4. The first-order chi connectivity index (χ1) is 14.4. The van der Waals surface area contributed by atoms with E-state index in [1.165, 1.54) is 44.6 Å². The SMILES string of the molecule is [2H]C1=CC([2H])([2H])[C@@H]2CC[C@H]3[C@@H]4CC[C@H]([C@H](C)CCCC(C)C)[C@@]4(C)CC[C@@H]3[C@@]2(C)C1=O. The van der Waals surface area contributed by atoms with Crippen molar-refractivity contribution in [1.29, 1.82) is 0 Å². The lowest BCUT2D eigenvalue weighted by Crippen LogP contribution is -2.55. The maximum atomic E-state index is 13.3. The van der Waals surface area contributed by atoms with Gasteiger partial charge in [-0.2, -0.15) is 0 Å². The lowest BCUT2D eigenvalue weighted by atomic mass is 9.45. The zero-order chi connectivity index (χ0) is 22.8. The molecule has 0 spiro atoms. The zero-order valence-electron chi connectivity index (χ0n) is 21.9. The maximum absolute atomic E-state index is 13.3.